The third kappa shape index (κ3) is 5.99. The molecular formula is C28H34O6. The summed E-state index contributed by atoms with van der Waals surface area (Å²) in [5.41, 5.74) is 0. The molecule has 3 rings (SSSR count). The predicted molar refractivity (Wildman–Crippen MR) is 133 cm³/mol. The summed E-state index contributed by atoms with van der Waals surface area (Å²) in [6.45, 7) is 8.03. The van der Waals surface area contributed by atoms with E-state index in [2.05, 4.69) is 0 Å². The fraction of sp³-hybridized carbons (Fsp3) is 0.429. The van der Waals surface area contributed by atoms with E-state index in [4.69, 9.17) is 18.9 Å². The lowest BCUT2D eigenvalue weighted by Gasteiger charge is -2.22. The lowest BCUT2D eigenvalue weighted by atomic mass is 10.0. The van der Waals surface area contributed by atoms with Gasteiger partial charge in [0.15, 0.2) is 0 Å². The van der Waals surface area contributed by atoms with Crippen molar-refractivity contribution in [2.75, 3.05) is 13.2 Å². The van der Waals surface area contributed by atoms with Crippen molar-refractivity contribution in [2.45, 2.75) is 65.6 Å². The number of esters is 2. The summed E-state index contributed by atoms with van der Waals surface area (Å²) in [5, 5.41) is 3.64. The van der Waals surface area contributed by atoms with Gasteiger partial charge in [-0.25, -0.2) is 0 Å². The van der Waals surface area contributed by atoms with Crippen LogP contribution in [0.2, 0.25) is 0 Å². The van der Waals surface area contributed by atoms with Crippen LogP contribution < -0.4 is 9.47 Å². The molecule has 2 unspecified atom stereocenters. The van der Waals surface area contributed by atoms with Gasteiger partial charge in [0, 0.05) is 34.4 Å². The fourth-order valence-electron chi connectivity index (χ4n) is 3.72. The second kappa shape index (κ2) is 12.3. The van der Waals surface area contributed by atoms with Crippen molar-refractivity contribution in [3.05, 3.63) is 48.5 Å². The van der Waals surface area contributed by atoms with Crippen LogP contribution in [0.5, 0.6) is 11.5 Å². The van der Waals surface area contributed by atoms with E-state index in [1.165, 1.54) is 0 Å². The molecule has 0 aliphatic carbocycles. The summed E-state index contributed by atoms with van der Waals surface area (Å²) in [6.07, 6.45) is 1.36. The Balaban J connectivity index is 1.97. The molecule has 0 fully saturated rings. The Morgan fingerprint density at radius 1 is 0.618 bits per heavy atom. The minimum atomic E-state index is -0.320. The van der Waals surface area contributed by atoms with Crippen molar-refractivity contribution < 1.29 is 28.5 Å². The molecule has 0 aromatic heterocycles. The van der Waals surface area contributed by atoms with E-state index in [0.29, 0.717) is 25.7 Å². The maximum absolute atomic E-state index is 11.8. The summed E-state index contributed by atoms with van der Waals surface area (Å²) in [5.74, 6) is 0.995. The summed E-state index contributed by atoms with van der Waals surface area (Å²) in [4.78, 5) is 23.5. The average Bonchev–Trinajstić information content (AvgIpc) is 2.88. The van der Waals surface area contributed by atoms with Gasteiger partial charge in [-0.1, -0.05) is 76.2 Å². The van der Waals surface area contributed by atoms with Gasteiger partial charge >= 0.3 is 11.9 Å². The zero-order chi connectivity index (χ0) is 24.5. The molecule has 0 bridgehead atoms. The van der Waals surface area contributed by atoms with Gasteiger partial charge in [-0.15, -0.1) is 0 Å². The first kappa shape index (κ1) is 25.3. The Kier molecular flexibility index (Phi) is 9.14. The third-order valence-electron chi connectivity index (χ3n) is 5.74. The van der Waals surface area contributed by atoms with Crippen LogP contribution >= 0.6 is 0 Å². The number of fused-ring (bicyclic) bond motifs is 2. The van der Waals surface area contributed by atoms with Gasteiger partial charge in [0.2, 0.25) is 0 Å². The van der Waals surface area contributed by atoms with Gasteiger partial charge < -0.3 is 18.9 Å². The minimum Gasteiger partial charge on any atom is -0.488 e. The van der Waals surface area contributed by atoms with Crippen molar-refractivity contribution in [2.24, 2.45) is 0 Å². The fourth-order valence-corrected chi connectivity index (χ4v) is 3.72. The van der Waals surface area contributed by atoms with Gasteiger partial charge in [-0.2, -0.15) is 0 Å². The standard InChI is InChI=1S/C28H34O6/c1-5-19(33-25(29)7-3)17-31-27-21-13-9-11-15-23(21)28(24-16-12-10-14-22(24)27)32-18-20(6-2)34-26(30)8-4/h9-16,19-20H,5-8,17-18H2,1-4H3. The quantitative estimate of drug-likeness (QED) is 0.233. The highest BCUT2D eigenvalue weighted by Gasteiger charge is 2.20. The molecule has 0 heterocycles. The minimum absolute atomic E-state index is 0.233. The highest BCUT2D eigenvalue weighted by Crippen LogP contribution is 2.42. The number of carbonyl (C=O) groups excluding carboxylic acids is 2. The summed E-state index contributed by atoms with van der Waals surface area (Å²) in [6, 6.07) is 15.8. The number of benzene rings is 3. The number of ether oxygens (including phenoxy) is 4. The Morgan fingerprint density at radius 2 is 0.941 bits per heavy atom. The van der Waals surface area contributed by atoms with Gasteiger partial charge in [0.25, 0.3) is 0 Å². The third-order valence-corrected chi connectivity index (χ3v) is 5.74. The van der Waals surface area contributed by atoms with E-state index in [0.717, 1.165) is 33.0 Å². The number of rotatable bonds is 12. The van der Waals surface area contributed by atoms with E-state index >= 15 is 0 Å². The average molecular weight is 467 g/mol. The topological polar surface area (TPSA) is 71.1 Å². The van der Waals surface area contributed by atoms with Crippen molar-refractivity contribution >= 4 is 33.5 Å². The Morgan fingerprint density at radius 3 is 1.21 bits per heavy atom. The maximum atomic E-state index is 11.8. The van der Waals surface area contributed by atoms with Crippen molar-refractivity contribution in [3.8, 4) is 11.5 Å². The normalized spacial score (nSPS) is 12.8. The maximum Gasteiger partial charge on any atom is 0.305 e. The largest absolute Gasteiger partial charge is 0.488 e. The summed E-state index contributed by atoms with van der Waals surface area (Å²) in [7, 11) is 0. The molecule has 0 aliphatic heterocycles. The Labute approximate surface area is 201 Å². The molecular weight excluding hydrogens is 432 g/mol. The SMILES string of the molecule is CCC(=O)OC(CC)COc1c2ccccc2c(OCC(CC)OC(=O)CC)c2ccccc12. The summed E-state index contributed by atoms with van der Waals surface area (Å²) < 4.78 is 23.6. The van der Waals surface area contributed by atoms with E-state index in [-0.39, 0.29) is 37.4 Å². The van der Waals surface area contributed by atoms with Crippen LogP contribution in [0.4, 0.5) is 0 Å². The first-order valence-electron chi connectivity index (χ1n) is 12.1. The lowest BCUT2D eigenvalue weighted by Crippen LogP contribution is -2.24. The molecule has 34 heavy (non-hydrogen) atoms. The van der Waals surface area contributed by atoms with Crippen LogP contribution in [0.3, 0.4) is 0 Å². The van der Waals surface area contributed by atoms with Crippen LogP contribution in [0, 0.1) is 0 Å². The molecule has 0 saturated heterocycles. The van der Waals surface area contributed by atoms with Crippen molar-refractivity contribution in [1.29, 1.82) is 0 Å². The van der Waals surface area contributed by atoms with E-state index < -0.39 is 0 Å². The molecule has 3 aromatic rings. The first-order valence-corrected chi connectivity index (χ1v) is 12.1. The number of hydrogen-bond acceptors (Lipinski definition) is 6. The molecule has 0 saturated carbocycles. The Bertz CT molecular complexity index is 978. The zero-order valence-corrected chi connectivity index (χ0v) is 20.5. The van der Waals surface area contributed by atoms with Gasteiger partial charge in [-0.05, 0) is 12.8 Å². The van der Waals surface area contributed by atoms with Crippen molar-refractivity contribution in [3.63, 3.8) is 0 Å². The molecule has 3 aromatic carbocycles. The van der Waals surface area contributed by atoms with E-state index in [9.17, 15) is 9.59 Å². The lowest BCUT2D eigenvalue weighted by molar-refractivity contribution is -0.151. The molecule has 0 radical (unpaired) electrons. The van der Waals surface area contributed by atoms with E-state index in [1.54, 1.807) is 13.8 Å². The molecule has 6 nitrogen and oxygen atoms in total. The second-order valence-corrected chi connectivity index (χ2v) is 8.12. The van der Waals surface area contributed by atoms with Gasteiger partial charge in [0.05, 0.1) is 0 Å². The number of hydrogen-bond donors (Lipinski definition) is 0. The molecule has 0 N–H and O–H groups in total. The predicted octanol–water partition coefficient (Wildman–Crippen LogP) is 6.21. The summed E-state index contributed by atoms with van der Waals surface area (Å²) >= 11 is 0. The highest BCUT2D eigenvalue weighted by molar-refractivity contribution is 6.11. The van der Waals surface area contributed by atoms with Crippen LogP contribution in [0.1, 0.15) is 53.4 Å². The van der Waals surface area contributed by atoms with Crippen LogP contribution in [-0.4, -0.2) is 37.4 Å². The number of carbonyl (C=O) groups is 2. The Hall–Kier alpha value is -3.28. The van der Waals surface area contributed by atoms with Crippen LogP contribution in [0.25, 0.3) is 21.5 Å². The van der Waals surface area contributed by atoms with Crippen LogP contribution in [-0.2, 0) is 19.1 Å². The smallest absolute Gasteiger partial charge is 0.305 e. The molecule has 0 aliphatic rings. The molecule has 6 heteroatoms. The van der Waals surface area contributed by atoms with Gasteiger partial charge in [0.1, 0.15) is 36.9 Å². The first-order chi connectivity index (χ1) is 16.5. The van der Waals surface area contributed by atoms with Crippen LogP contribution in [0.15, 0.2) is 48.5 Å². The molecule has 182 valence electrons. The molecule has 0 amide bonds. The zero-order valence-electron chi connectivity index (χ0n) is 20.5. The van der Waals surface area contributed by atoms with Crippen molar-refractivity contribution in [1.82, 2.24) is 0 Å². The van der Waals surface area contributed by atoms with Gasteiger partial charge in [-0.3, -0.25) is 9.59 Å². The highest BCUT2D eigenvalue weighted by atomic mass is 16.6. The second-order valence-electron chi connectivity index (χ2n) is 8.12. The molecule has 0 spiro atoms. The van der Waals surface area contributed by atoms with E-state index in [1.807, 2.05) is 62.4 Å². The molecule has 2 atom stereocenters. The monoisotopic (exact) mass is 466 g/mol.